The summed E-state index contributed by atoms with van der Waals surface area (Å²) in [6.07, 6.45) is -2.69. The number of nitrogens with zero attached hydrogens (tertiary/aromatic N) is 2. The second kappa shape index (κ2) is 5.58. The summed E-state index contributed by atoms with van der Waals surface area (Å²) in [5.41, 5.74) is -1.51. The highest BCUT2D eigenvalue weighted by Crippen LogP contribution is 2.31. The summed E-state index contributed by atoms with van der Waals surface area (Å²) in [7, 11) is 0. The lowest BCUT2D eigenvalue weighted by Gasteiger charge is -2.16. The molecular formula is C14H11F3N2. The van der Waals surface area contributed by atoms with Crippen molar-refractivity contribution in [2.24, 2.45) is 5.41 Å². The van der Waals surface area contributed by atoms with Crippen LogP contribution in [0.15, 0.2) is 36.9 Å². The van der Waals surface area contributed by atoms with Crippen LogP contribution in [0.25, 0.3) is 0 Å². The van der Waals surface area contributed by atoms with Gasteiger partial charge in [-0.05, 0) is 24.1 Å². The summed E-state index contributed by atoms with van der Waals surface area (Å²) in [4.78, 5) is 0. The highest BCUT2D eigenvalue weighted by Gasteiger charge is 2.31. The molecule has 0 aliphatic rings. The van der Waals surface area contributed by atoms with Gasteiger partial charge in [-0.15, -0.1) is 6.58 Å². The van der Waals surface area contributed by atoms with Gasteiger partial charge in [0.05, 0.1) is 17.7 Å². The fourth-order valence-electron chi connectivity index (χ4n) is 1.67. The Morgan fingerprint density at radius 2 is 1.63 bits per heavy atom. The molecule has 0 aliphatic heterocycles. The number of allylic oxidation sites excluding steroid dienone is 1. The van der Waals surface area contributed by atoms with Crippen LogP contribution >= 0.6 is 0 Å². The van der Waals surface area contributed by atoms with Crippen LogP contribution in [-0.4, -0.2) is 0 Å². The van der Waals surface area contributed by atoms with Gasteiger partial charge in [0.2, 0.25) is 0 Å². The van der Waals surface area contributed by atoms with Gasteiger partial charge >= 0.3 is 6.18 Å². The van der Waals surface area contributed by atoms with Gasteiger partial charge in [0, 0.05) is 6.42 Å². The lowest BCUT2D eigenvalue weighted by molar-refractivity contribution is -0.137. The van der Waals surface area contributed by atoms with Gasteiger partial charge in [-0.2, -0.15) is 23.7 Å². The summed E-state index contributed by atoms with van der Waals surface area (Å²) in [5, 5.41) is 18.1. The number of nitriles is 2. The van der Waals surface area contributed by atoms with Crippen molar-refractivity contribution < 1.29 is 13.2 Å². The number of halogens is 3. The zero-order valence-electron chi connectivity index (χ0n) is 10.0. The Bertz CT molecular complexity index is 516. The van der Waals surface area contributed by atoms with Crippen molar-refractivity contribution in [3.8, 4) is 12.1 Å². The fourth-order valence-corrected chi connectivity index (χ4v) is 1.67. The van der Waals surface area contributed by atoms with Crippen LogP contribution in [0.5, 0.6) is 0 Å². The van der Waals surface area contributed by atoms with Crippen molar-refractivity contribution in [1.29, 1.82) is 10.5 Å². The van der Waals surface area contributed by atoms with Gasteiger partial charge < -0.3 is 0 Å². The molecule has 0 bridgehead atoms. The van der Waals surface area contributed by atoms with E-state index < -0.39 is 17.2 Å². The molecule has 0 atom stereocenters. The van der Waals surface area contributed by atoms with Crippen molar-refractivity contribution in [1.82, 2.24) is 0 Å². The van der Waals surface area contributed by atoms with E-state index in [0.29, 0.717) is 5.56 Å². The molecule has 0 aliphatic carbocycles. The molecule has 0 heterocycles. The van der Waals surface area contributed by atoms with Crippen molar-refractivity contribution >= 4 is 0 Å². The maximum Gasteiger partial charge on any atom is 0.416 e. The summed E-state index contributed by atoms with van der Waals surface area (Å²) < 4.78 is 37.2. The molecular weight excluding hydrogens is 253 g/mol. The van der Waals surface area contributed by atoms with E-state index in [2.05, 4.69) is 6.58 Å². The predicted molar refractivity (Wildman–Crippen MR) is 63.6 cm³/mol. The Hall–Kier alpha value is -2.27. The van der Waals surface area contributed by atoms with Gasteiger partial charge in [-0.1, -0.05) is 18.2 Å². The van der Waals surface area contributed by atoms with Gasteiger partial charge in [-0.3, -0.25) is 0 Å². The third-order valence-electron chi connectivity index (χ3n) is 2.71. The van der Waals surface area contributed by atoms with E-state index in [1.807, 2.05) is 12.1 Å². The minimum atomic E-state index is -4.39. The van der Waals surface area contributed by atoms with Gasteiger partial charge in [-0.25, -0.2) is 0 Å². The van der Waals surface area contributed by atoms with E-state index in [1.165, 1.54) is 18.2 Å². The minimum Gasteiger partial charge on any atom is -0.197 e. The number of hydrogen-bond acceptors (Lipinski definition) is 2. The molecule has 0 radical (unpaired) electrons. The average Bonchev–Trinajstić information content (AvgIpc) is 2.37. The van der Waals surface area contributed by atoms with Crippen LogP contribution in [0.1, 0.15) is 17.5 Å². The topological polar surface area (TPSA) is 47.6 Å². The van der Waals surface area contributed by atoms with E-state index in [-0.39, 0.29) is 12.8 Å². The van der Waals surface area contributed by atoms with Crippen molar-refractivity contribution in [2.45, 2.75) is 19.0 Å². The smallest absolute Gasteiger partial charge is 0.197 e. The molecule has 0 saturated heterocycles. The molecule has 1 aromatic rings. The first-order chi connectivity index (χ1) is 8.87. The van der Waals surface area contributed by atoms with Gasteiger partial charge in [0.15, 0.2) is 5.41 Å². The fraction of sp³-hybridized carbons (Fsp3) is 0.286. The third kappa shape index (κ3) is 3.59. The normalized spacial score (nSPS) is 11.4. The van der Waals surface area contributed by atoms with E-state index in [1.54, 1.807) is 0 Å². The standard InChI is InChI=1S/C14H11F3N2/c1-2-7-13(9-18,10-19)8-11-3-5-12(6-4-11)14(15,16)17/h2-6H,1,7-8H2. The Kier molecular flexibility index (Phi) is 4.34. The van der Waals surface area contributed by atoms with Crippen LogP contribution in [0, 0.1) is 28.1 Å². The maximum absolute atomic E-state index is 12.4. The second-order valence-corrected chi connectivity index (χ2v) is 4.17. The molecule has 98 valence electrons. The maximum atomic E-state index is 12.4. The van der Waals surface area contributed by atoms with Crippen LogP contribution in [0.2, 0.25) is 0 Å². The van der Waals surface area contributed by atoms with E-state index >= 15 is 0 Å². The Morgan fingerprint density at radius 3 is 2.00 bits per heavy atom. The lowest BCUT2D eigenvalue weighted by Crippen LogP contribution is -2.18. The molecule has 0 spiro atoms. The van der Waals surface area contributed by atoms with Gasteiger partial charge in [0.25, 0.3) is 0 Å². The molecule has 2 nitrogen and oxygen atoms in total. The zero-order valence-corrected chi connectivity index (χ0v) is 10.0. The number of alkyl halides is 3. The van der Waals surface area contributed by atoms with Crippen LogP contribution in [0.4, 0.5) is 13.2 Å². The molecule has 1 aromatic carbocycles. The number of rotatable bonds is 4. The molecule has 0 N–H and O–H groups in total. The summed E-state index contributed by atoms with van der Waals surface area (Å²) in [5.74, 6) is 0. The van der Waals surface area contributed by atoms with E-state index in [0.717, 1.165) is 12.1 Å². The summed E-state index contributed by atoms with van der Waals surface area (Å²) in [6.45, 7) is 3.48. The highest BCUT2D eigenvalue weighted by atomic mass is 19.4. The van der Waals surface area contributed by atoms with Crippen molar-refractivity contribution in [3.05, 3.63) is 48.0 Å². The molecule has 0 fully saturated rings. The third-order valence-corrected chi connectivity index (χ3v) is 2.71. The predicted octanol–water partition coefficient (Wildman–Crippen LogP) is 3.86. The van der Waals surface area contributed by atoms with Crippen molar-refractivity contribution in [3.63, 3.8) is 0 Å². The SMILES string of the molecule is C=CCC(C#N)(C#N)Cc1ccc(C(F)(F)F)cc1. The Morgan fingerprint density at radius 1 is 1.11 bits per heavy atom. The van der Waals surface area contributed by atoms with Crippen LogP contribution in [0.3, 0.4) is 0 Å². The van der Waals surface area contributed by atoms with E-state index in [9.17, 15) is 13.2 Å². The molecule has 5 heteroatoms. The Balaban J connectivity index is 2.98. The largest absolute Gasteiger partial charge is 0.416 e. The zero-order chi connectivity index (χ0) is 14.5. The van der Waals surface area contributed by atoms with E-state index in [4.69, 9.17) is 10.5 Å². The second-order valence-electron chi connectivity index (χ2n) is 4.17. The molecule has 0 unspecified atom stereocenters. The molecule has 0 saturated carbocycles. The first-order valence-corrected chi connectivity index (χ1v) is 5.46. The molecule has 19 heavy (non-hydrogen) atoms. The average molecular weight is 264 g/mol. The highest BCUT2D eigenvalue weighted by molar-refractivity contribution is 5.29. The first kappa shape index (κ1) is 14.8. The quantitative estimate of drug-likeness (QED) is 0.775. The number of benzene rings is 1. The molecule has 0 aromatic heterocycles. The first-order valence-electron chi connectivity index (χ1n) is 5.46. The van der Waals surface area contributed by atoms with Crippen molar-refractivity contribution in [2.75, 3.05) is 0 Å². The molecule has 1 rings (SSSR count). The monoisotopic (exact) mass is 264 g/mol. The molecule has 0 amide bonds. The van der Waals surface area contributed by atoms with Crippen LogP contribution in [-0.2, 0) is 12.6 Å². The minimum absolute atomic E-state index is 0.0736. The van der Waals surface area contributed by atoms with Crippen LogP contribution < -0.4 is 0 Å². The number of hydrogen-bond donors (Lipinski definition) is 0. The summed E-state index contributed by atoms with van der Waals surface area (Å²) >= 11 is 0. The van der Waals surface area contributed by atoms with Gasteiger partial charge in [0.1, 0.15) is 0 Å². The summed E-state index contributed by atoms with van der Waals surface area (Å²) in [6, 6.07) is 8.28. The lowest BCUT2D eigenvalue weighted by atomic mass is 9.81. The Labute approximate surface area is 109 Å².